The Hall–Kier alpha value is -2.38. The highest BCUT2D eigenvalue weighted by Crippen LogP contribution is 2.34. The maximum Gasteiger partial charge on any atom is 0.387 e. The highest BCUT2D eigenvalue weighted by Gasteiger charge is 2.41. The van der Waals surface area contributed by atoms with E-state index in [1.165, 1.54) is 19.2 Å². The Kier molecular flexibility index (Phi) is 5.94. The van der Waals surface area contributed by atoms with Gasteiger partial charge in [-0.15, -0.1) is 0 Å². The molecule has 1 amide bonds. The predicted octanol–water partition coefficient (Wildman–Crippen LogP) is 2.07. The molecule has 132 valence electrons. The zero-order valence-corrected chi connectivity index (χ0v) is 13.1. The molecule has 0 aromatic heterocycles. The first-order chi connectivity index (χ1) is 11.4. The van der Waals surface area contributed by atoms with Gasteiger partial charge in [0.15, 0.2) is 11.5 Å². The first kappa shape index (κ1) is 18.0. The summed E-state index contributed by atoms with van der Waals surface area (Å²) in [6, 6.07) is 4.63. The molecule has 0 heterocycles. The zero-order valence-electron chi connectivity index (χ0n) is 13.1. The maximum atomic E-state index is 12.4. The van der Waals surface area contributed by atoms with Crippen LogP contribution in [-0.2, 0) is 16.0 Å². The van der Waals surface area contributed by atoms with Crippen molar-refractivity contribution in [2.75, 3.05) is 13.7 Å². The van der Waals surface area contributed by atoms with Crippen LogP contribution in [0.4, 0.5) is 8.78 Å². The summed E-state index contributed by atoms with van der Waals surface area (Å²) in [4.78, 5) is 22.8. The van der Waals surface area contributed by atoms with Gasteiger partial charge in [0.25, 0.3) is 0 Å². The molecule has 2 rings (SSSR count). The van der Waals surface area contributed by atoms with Gasteiger partial charge >= 0.3 is 12.6 Å². The lowest BCUT2D eigenvalue weighted by atomic mass is 9.73. The molecule has 1 saturated carbocycles. The van der Waals surface area contributed by atoms with Crippen molar-refractivity contribution in [2.24, 2.45) is 11.8 Å². The fourth-order valence-electron chi connectivity index (χ4n) is 2.64. The van der Waals surface area contributed by atoms with E-state index in [9.17, 15) is 18.4 Å². The van der Waals surface area contributed by atoms with E-state index in [2.05, 4.69) is 10.1 Å². The molecule has 2 atom stereocenters. The second-order valence-electron chi connectivity index (χ2n) is 5.53. The molecule has 2 unspecified atom stereocenters. The van der Waals surface area contributed by atoms with Crippen LogP contribution >= 0.6 is 0 Å². The van der Waals surface area contributed by atoms with E-state index in [-0.39, 0.29) is 24.0 Å². The number of benzene rings is 1. The van der Waals surface area contributed by atoms with Crippen LogP contribution in [0.2, 0.25) is 0 Å². The molecular formula is C16H19F2NO5. The van der Waals surface area contributed by atoms with Gasteiger partial charge in [-0.1, -0.05) is 6.07 Å². The average molecular weight is 343 g/mol. The van der Waals surface area contributed by atoms with E-state index in [0.29, 0.717) is 24.8 Å². The number of carbonyl (C=O) groups excluding carboxylic acids is 1. The third-order valence-electron chi connectivity index (χ3n) is 4.09. The Balaban J connectivity index is 1.88. The van der Waals surface area contributed by atoms with Crippen molar-refractivity contribution in [1.29, 1.82) is 0 Å². The van der Waals surface area contributed by atoms with Crippen LogP contribution in [0.5, 0.6) is 11.5 Å². The van der Waals surface area contributed by atoms with E-state index in [4.69, 9.17) is 9.84 Å². The third-order valence-corrected chi connectivity index (χ3v) is 4.09. The Morgan fingerprint density at radius 3 is 2.54 bits per heavy atom. The summed E-state index contributed by atoms with van der Waals surface area (Å²) < 4.78 is 34.1. The monoisotopic (exact) mass is 343 g/mol. The molecule has 2 N–H and O–H groups in total. The minimum atomic E-state index is -2.96. The quantitative estimate of drug-likeness (QED) is 0.755. The molecule has 0 radical (unpaired) electrons. The topological polar surface area (TPSA) is 84.9 Å². The van der Waals surface area contributed by atoms with Crippen LogP contribution in [0.15, 0.2) is 18.2 Å². The van der Waals surface area contributed by atoms with Gasteiger partial charge in [0.05, 0.1) is 18.9 Å². The van der Waals surface area contributed by atoms with Gasteiger partial charge in [-0.05, 0) is 37.0 Å². The summed E-state index contributed by atoms with van der Waals surface area (Å²) in [6.07, 6.45) is 1.48. The third kappa shape index (κ3) is 4.33. The number of hydrogen-bond acceptors (Lipinski definition) is 4. The summed E-state index contributed by atoms with van der Waals surface area (Å²) in [5.41, 5.74) is 0.690. The summed E-state index contributed by atoms with van der Waals surface area (Å²) in [5.74, 6) is -2.22. The largest absolute Gasteiger partial charge is 0.493 e. The van der Waals surface area contributed by atoms with Crippen molar-refractivity contribution in [3.05, 3.63) is 23.8 Å². The minimum absolute atomic E-state index is 0.0683. The molecule has 24 heavy (non-hydrogen) atoms. The number of alkyl halides is 2. The Bertz CT molecular complexity index is 608. The first-order valence-electron chi connectivity index (χ1n) is 7.54. The number of rotatable bonds is 8. The average Bonchev–Trinajstić information content (AvgIpc) is 2.45. The van der Waals surface area contributed by atoms with E-state index in [1.54, 1.807) is 6.07 Å². The van der Waals surface area contributed by atoms with Gasteiger partial charge in [-0.25, -0.2) is 0 Å². The number of carbonyl (C=O) groups is 2. The molecule has 1 fully saturated rings. The molecular weight excluding hydrogens is 324 g/mol. The molecule has 6 nitrogen and oxygen atoms in total. The number of carboxylic acids is 1. The van der Waals surface area contributed by atoms with Crippen molar-refractivity contribution in [3.63, 3.8) is 0 Å². The van der Waals surface area contributed by atoms with E-state index < -0.39 is 24.4 Å². The maximum absolute atomic E-state index is 12.4. The SMILES string of the molecule is COc1ccc(CCNC(=O)C2CCC2C(=O)O)cc1OC(F)F. The lowest BCUT2D eigenvalue weighted by molar-refractivity contribution is -0.152. The van der Waals surface area contributed by atoms with Crippen LogP contribution in [0, 0.1) is 11.8 Å². The minimum Gasteiger partial charge on any atom is -0.493 e. The number of hydrogen-bond donors (Lipinski definition) is 2. The van der Waals surface area contributed by atoms with Crippen molar-refractivity contribution in [2.45, 2.75) is 25.9 Å². The van der Waals surface area contributed by atoms with Gasteiger partial charge < -0.3 is 19.9 Å². The second-order valence-corrected chi connectivity index (χ2v) is 5.53. The lowest BCUT2D eigenvalue weighted by Crippen LogP contribution is -2.44. The fraction of sp³-hybridized carbons (Fsp3) is 0.500. The zero-order chi connectivity index (χ0) is 17.7. The second kappa shape index (κ2) is 7.94. The highest BCUT2D eigenvalue weighted by molar-refractivity contribution is 5.86. The number of aliphatic carboxylic acids is 1. The van der Waals surface area contributed by atoms with Crippen molar-refractivity contribution in [1.82, 2.24) is 5.32 Å². The van der Waals surface area contributed by atoms with Gasteiger partial charge in [0.2, 0.25) is 5.91 Å². The number of halogens is 2. The summed E-state index contributed by atoms with van der Waals surface area (Å²) in [5, 5.41) is 11.6. The smallest absolute Gasteiger partial charge is 0.387 e. The standard InChI is InChI=1S/C16H19F2NO5/c1-23-12-5-2-9(8-13(12)24-16(17)18)6-7-19-14(20)10-3-4-11(10)15(21)22/h2,5,8,10-11,16H,3-4,6-7H2,1H3,(H,19,20)(H,21,22). The molecule has 0 aliphatic heterocycles. The van der Waals surface area contributed by atoms with Gasteiger partial charge in [0, 0.05) is 6.54 Å². The Morgan fingerprint density at radius 1 is 1.29 bits per heavy atom. The van der Waals surface area contributed by atoms with E-state index in [0.717, 1.165) is 0 Å². The highest BCUT2D eigenvalue weighted by atomic mass is 19.3. The lowest BCUT2D eigenvalue weighted by Gasteiger charge is -2.31. The molecule has 0 bridgehead atoms. The number of ether oxygens (including phenoxy) is 2. The summed E-state index contributed by atoms with van der Waals surface area (Å²) in [6.45, 7) is -2.68. The van der Waals surface area contributed by atoms with Crippen LogP contribution < -0.4 is 14.8 Å². The van der Waals surface area contributed by atoms with Crippen LogP contribution in [-0.4, -0.2) is 37.2 Å². The Morgan fingerprint density at radius 2 is 2.00 bits per heavy atom. The molecule has 1 aliphatic rings. The molecule has 1 aromatic rings. The number of methoxy groups -OCH3 is 1. The summed E-state index contributed by atoms with van der Waals surface area (Å²) in [7, 11) is 1.35. The van der Waals surface area contributed by atoms with Gasteiger partial charge in [-0.3, -0.25) is 9.59 Å². The molecule has 8 heteroatoms. The van der Waals surface area contributed by atoms with Crippen molar-refractivity contribution >= 4 is 11.9 Å². The Labute approximate surface area is 137 Å². The van der Waals surface area contributed by atoms with Crippen LogP contribution in [0.25, 0.3) is 0 Å². The normalized spacial score (nSPS) is 19.5. The first-order valence-corrected chi connectivity index (χ1v) is 7.54. The van der Waals surface area contributed by atoms with Gasteiger partial charge in [-0.2, -0.15) is 8.78 Å². The summed E-state index contributed by atoms with van der Waals surface area (Å²) >= 11 is 0. The van der Waals surface area contributed by atoms with Gasteiger partial charge in [0.1, 0.15) is 0 Å². The van der Waals surface area contributed by atoms with E-state index >= 15 is 0 Å². The van der Waals surface area contributed by atoms with Crippen LogP contribution in [0.1, 0.15) is 18.4 Å². The van der Waals surface area contributed by atoms with Crippen molar-refractivity contribution in [3.8, 4) is 11.5 Å². The van der Waals surface area contributed by atoms with E-state index in [1.807, 2.05) is 0 Å². The number of nitrogens with one attached hydrogen (secondary N) is 1. The molecule has 1 aliphatic carbocycles. The van der Waals surface area contributed by atoms with Crippen molar-refractivity contribution < 1.29 is 33.0 Å². The fourth-order valence-corrected chi connectivity index (χ4v) is 2.64. The number of amides is 1. The number of carboxylic acid groups (broad SMARTS) is 1. The molecule has 0 spiro atoms. The predicted molar refractivity (Wildman–Crippen MR) is 80.2 cm³/mol. The molecule has 0 saturated heterocycles. The van der Waals surface area contributed by atoms with Crippen LogP contribution in [0.3, 0.4) is 0 Å². The molecule has 1 aromatic carbocycles.